The number of benzene rings is 2. The van der Waals surface area contributed by atoms with Crippen LogP contribution in [0.1, 0.15) is 23.7 Å². The van der Waals surface area contributed by atoms with Crippen LogP contribution in [0.3, 0.4) is 0 Å². The highest BCUT2D eigenvalue weighted by atomic mass is 16.6. The van der Waals surface area contributed by atoms with Gasteiger partial charge in [0.1, 0.15) is 19.8 Å². The zero-order chi connectivity index (χ0) is 21.8. The highest BCUT2D eigenvalue weighted by molar-refractivity contribution is 6.06. The maximum Gasteiger partial charge on any atom is 0.252 e. The summed E-state index contributed by atoms with van der Waals surface area (Å²) in [5.41, 5.74) is 0.950. The molecule has 3 aromatic rings. The summed E-state index contributed by atoms with van der Waals surface area (Å²) in [5.74, 6) is 0.521. The van der Waals surface area contributed by atoms with Crippen LogP contribution in [-0.2, 0) is 11.3 Å². The normalized spacial score (nSPS) is 12.4. The zero-order valence-electron chi connectivity index (χ0n) is 17.1. The van der Waals surface area contributed by atoms with E-state index in [0.29, 0.717) is 53.4 Å². The molecule has 0 saturated heterocycles. The molecule has 0 bridgehead atoms. The molecule has 2 aromatic carbocycles. The molecule has 0 fully saturated rings. The first kappa shape index (κ1) is 20.5. The number of amides is 2. The first-order valence-electron chi connectivity index (χ1n) is 10.2. The van der Waals surface area contributed by atoms with Crippen molar-refractivity contribution in [1.82, 2.24) is 9.88 Å². The van der Waals surface area contributed by atoms with E-state index >= 15 is 0 Å². The fourth-order valence-electron chi connectivity index (χ4n) is 3.48. The highest BCUT2D eigenvalue weighted by Gasteiger charge is 2.17. The Morgan fingerprint density at radius 3 is 2.61 bits per heavy atom. The van der Waals surface area contributed by atoms with Crippen molar-refractivity contribution in [3.05, 3.63) is 64.4 Å². The summed E-state index contributed by atoms with van der Waals surface area (Å²) in [6, 6.07) is 13.5. The quantitative estimate of drug-likeness (QED) is 0.637. The molecule has 0 radical (unpaired) electrons. The lowest BCUT2D eigenvalue weighted by Crippen LogP contribution is -2.31. The van der Waals surface area contributed by atoms with Crippen molar-refractivity contribution >= 4 is 28.4 Å². The predicted octanol–water partition coefficient (Wildman–Crippen LogP) is 2.55. The molecular weight excluding hydrogens is 398 g/mol. The Balaban J connectivity index is 1.60. The Morgan fingerprint density at radius 2 is 1.81 bits per heavy atom. The van der Waals surface area contributed by atoms with Crippen LogP contribution in [0.5, 0.6) is 11.5 Å². The van der Waals surface area contributed by atoms with Crippen molar-refractivity contribution < 1.29 is 19.1 Å². The predicted molar refractivity (Wildman–Crippen MR) is 117 cm³/mol. The number of carbonyl (C=O) groups is 2. The number of hydrogen-bond acceptors (Lipinski definition) is 5. The third-order valence-electron chi connectivity index (χ3n) is 4.93. The molecule has 0 saturated carbocycles. The molecule has 2 amide bonds. The third kappa shape index (κ3) is 4.37. The standard InChI is InChI=1S/C23H23N3O5/c1-2-9-24-23(29)17-13-22(28)26(18-6-4-3-5-16(17)18)14-21(27)25-15-7-8-19-20(12-15)31-11-10-30-19/h3-8,12-13H,2,9-11,14H2,1H3,(H,24,29)(H,25,27). The van der Waals surface area contributed by atoms with Crippen molar-refractivity contribution in [3.8, 4) is 11.5 Å². The van der Waals surface area contributed by atoms with E-state index in [1.807, 2.05) is 6.92 Å². The zero-order valence-corrected chi connectivity index (χ0v) is 17.1. The van der Waals surface area contributed by atoms with E-state index < -0.39 is 5.56 Å². The Bertz CT molecular complexity index is 1200. The lowest BCUT2D eigenvalue weighted by Gasteiger charge is -2.19. The Hall–Kier alpha value is -3.81. The maximum absolute atomic E-state index is 12.8. The number of nitrogens with one attached hydrogen (secondary N) is 2. The van der Waals surface area contributed by atoms with Gasteiger partial charge in [0.2, 0.25) is 5.91 Å². The van der Waals surface area contributed by atoms with Crippen molar-refractivity contribution in [2.75, 3.05) is 25.1 Å². The summed E-state index contributed by atoms with van der Waals surface area (Å²) in [5, 5.41) is 6.20. The highest BCUT2D eigenvalue weighted by Crippen LogP contribution is 2.32. The van der Waals surface area contributed by atoms with E-state index in [0.717, 1.165) is 6.42 Å². The molecular formula is C23H23N3O5. The average Bonchev–Trinajstić information content (AvgIpc) is 2.79. The first-order valence-corrected chi connectivity index (χ1v) is 10.2. The van der Waals surface area contributed by atoms with Gasteiger partial charge in [0.15, 0.2) is 11.5 Å². The molecule has 1 aliphatic rings. The minimum Gasteiger partial charge on any atom is -0.486 e. The van der Waals surface area contributed by atoms with Crippen LogP contribution in [0.4, 0.5) is 5.69 Å². The number of pyridine rings is 1. The molecule has 160 valence electrons. The second kappa shape index (κ2) is 8.91. The number of fused-ring (bicyclic) bond motifs is 2. The molecule has 31 heavy (non-hydrogen) atoms. The van der Waals surface area contributed by atoms with Crippen LogP contribution in [0.15, 0.2) is 53.3 Å². The number of para-hydroxylation sites is 1. The van der Waals surface area contributed by atoms with Crippen LogP contribution >= 0.6 is 0 Å². The fourth-order valence-corrected chi connectivity index (χ4v) is 3.48. The number of carbonyl (C=O) groups excluding carboxylic acids is 2. The van der Waals surface area contributed by atoms with Crippen LogP contribution < -0.4 is 25.7 Å². The average molecular weight is 421 g/mol. The van der Waals surface area contributed by atoms with Gasteiger partial charge in [-0.2, -0.15) is 0 Å². The van der Waals surface area contributed by atoms with Gasteiger partial charge in [-0.1, -0.05) is 25.1 Å². The van der Waals surface area contributed by atoms with E-state index in [1.165, 1.54) is 10.6 Å². The molecule has 8 heteroatoms. The summed E-state index contributed by atoms with van der Waals surface area (Å²) in [7, 11) is 0. The van der Waals surface area contributed by atoms with Crippen LogP contribution in [-0.4, -0.2) is 36.1 Å². The van der Waals surface area contributed by atoms with Gasteiger partial charge < -0.3 is 20.1 Å². The molecule has 0 unspecified atom stereocenters. The number of ether oxygens (including phenoxy) is 2. The number of nitrogens with zero attached hydrogens (tertiary/aromatic N) is 1. The van der Waals surface area contributed by atoms with Crippen LogP contribution in [0, 0.1) is 0 Å². The summed E-state index contributed by atoms with van der Waals surface area (Å²) in [4.78, 5) is 38.0. The van der Waals surface area contributed by atoms with E-state index in [2.05, 4.69) is 10.6 Å². The van der Waals surface area contributed by atoms with Gasteiger partial charge in [0.25, 0.3) is 11.5 Å². The van der Waals surface area contributed by atoms with E-state index in [1.54, 1.807) is 42.5 Å². The molecule has 0 aliphatic carbocycles. The molecule has 4 rings (SSSR count). The molecule has 1 aromatic heterocycles. The first-order chi connectivity index (χ1) is 15.1. The van der Waals surface area contributed by atoms with Crippen molar-refractivity contribution in [2.45, 2.75) is 19.9 Å². The minimum absolute atomic E-state index is 0.190. The summed E-state index contributed by atoms with van der Waals surface area (Å²) in [6.07, 6.45) is 0.792. The number of rotatable bonds is 6. The molecule has 1 aliphatic heterocycles. The summed E-state index contributed by atoms with van der Waals surface area (Å²) < 4.78 is 12.4. The van der Waals surface area contributed by atoms with Gasteiger partial charge in [-0.15, -0.1) is 0 Å². The lowest BCUT2D eigenvalue weighted by atomic mass is 10.1. The second-order valence-corrected chi connectivity index (χ2v) is 7.16. The monoisotopic (exact) mass is 421 g/mol. The molecule has 8 nitrogen and oxygen atoms in total. The van der Waals surface area contributed by atoms with Gasteiger partial charge in [0.05, 0.1) is 11.1 Å². The van der Waals surface area contributed by atoms with E-state index in [-0.39, 0.29) is 18.4 Å². The van der Waals surface area contributed by atoms with Crippen molar-refractivity contribution in [1.29, 1.82) is 0 Å². The van der Waals surface area contributed by atoms with Crippen molar-refractivity contribution in [2.24, 2.45) is 0 Å². The van der Waals surface area contributed by atoms with Gasteiger partial charge in [-0.25, -0.2) is 0 Å². The fraction of sp³-hybridized carbons (Fsp3) is 0.261. The number of anilines is 1. The minimum atomic E-state index is -0.419. The summed E-state index contributed by atoms with van der Waals surface area (Å²) in [6.45, 7) is 3.22. The second-order valence-electron chi connectivity index (χ2n) is 7.16. The van der Waals surface area contributed by atoms with Gasteiger partial charge in [-0.05, 0) is 24.6 Å². The molecule has 0 spiro atoms. The van der Waals surface area contributed by atoms with E-state index in [9.17, 15) is 14.4 Å². The van der Waals surface area contributed by atoms with Crippen LogP contribution in [0.2, 0.25) is 0 Å². The van der Waals surface area contributed by atoms with Crippen molar-refractivity contribution in [3.63, 3.8) is 0 Å². The van der Waals surface area contributed by atoms with Gasteiger partial charge in [-0.3, -0.25) is 19.0 Å². The SMILES string of the molecule is CCCNC(=O)c1cc(=O)n(CC(=O)Nc2ccc3c(c2)OCCO3)c2ccccc12. The summed E-state index contributed by atoms with van der Waals surface area (Å²) >= 11 is 0. The maximum atomic E-state index is 12.8. The third-order valence-corrected chi connectivity index (χ3v) is 4.93. The number of hydrogen-bond donors (Lipinski definition) is 2. The smallest absolute Gasteiger partial charge is 0.252 e. The Morgan fingerprint density at radius 1 is 1.03 bits per heavy atom. The Labute approximate surface area is 178 Å². The lowest BCUT2D eigenvalue weighted by molar-refractivity contribution is -0.116. The van der Waals surface area contributed by atoms with Gasteiger partial charge >= 0.3 is 0 Å². The van der Waals surface area contributed by atoms with Gasteiger partial charge in [0, 0.05) is 29.8 Å². The Kier molecular flexibility index (Phi) is 5.88. The van der Waals surface area contributed by atoms with Crippen LogP contribution in [0.25, 0.3) is 10.9 Å². The van der Waals surface area contributed by atoms with E-state index in [4.69, 9.17) is 9.47 Å². The largest absolute Gasteiger partial charge is 0.486 e. The molecule has 0 atom stereocenters. The topological polar surface area (TPSA) is 98.7 Å². The molecule has 2 N–H and O–H groups in total. The number of aromatic nitrogens is 1. The molecule has 2 heterocycles.